The van der Waals surface area contributed by atoms with Gasteiger partial charge in [-0.25, -0.2) is 0 Å². The lowest BCUT2D eigenvalue weighted by atomic mass is 9.98. The first-order chi connectivity index (χ1) is 9.70. The van der Waals surface area contributed by atoms with Crippen LogP contribution in [0.15, 0.2) is 54.6 Å². The molecule has 0 saturated carbocycles. The fourth-order valence-electron chi connectivity index (χ4n) is 2.10. The van der Waals surface area contributed by atoms with Crippen molar-refractivity contribution in [1.82, 2.24) is 0 Å². The molecule has 0 radical (unpaired) electrons. The second-order valence-corrected chi connectivity index (χ2v) is 4.61. The van der Waals surface area contributed by atoms with Crippen molar-refractivity contribution >= 4 is 5.97 Å². The van der Waals surface area contributed by atoms with E-state index >= 15 is 0 Å². The predicted molar refractivity (Wildman–Crippen MR) is 80.1 cm³/mol. The van der Waals surface area contributed by atoms with Gasteiger partial charge in [0.1, 0.15) is 0 Å². The smallest absolute Gasteiger partial charge is 0.307 e. The van der Waals surface area contributed by atoms with Gasteiger partial charge in [0, 0.05) is 6.04 Å². The molecule has 2 aromatic carbocycles. The first-order valence-corrected chi connectivity index (χ1v) is 6.77. The molecule has 2 aromatic rings. The molecule has 0 saturated heterocycles. The highest BCUT2D eigenvalue weighted by Gasteiger charge is 2.13. The summed E-state index contributed by atoms with van der Waals surface area (Å²) in [6.45, 7) is 2.18. The third-order valence-electron chi connectivity index (χ3n) is 3.11. The van der Waals surface area contributed by atoms with Crippen LogP contribution in [0.1, 0.15) is 24.9 Å². The lowest BCUT2D eigenvalue weighted by Gasteiger charge is -2.12. The van der Waals surface area contributed by atoms with Crippen molar-refractivity contribution in [3.8, 4) is 11.1 Å². The molecule has 0 bridgehead atoms. The van der Waals surface area contributed by atoms with E-state index < -0.39 is 0 Å². The van der Waals surface area contributed by atoms with Gasteiger partial charge in [-0.05, 0) is 29.7 Å². The van der Waals surface area contributed by atoms with Crippen LogP contribution in [0.5, 0.6) is 0 Å². The van der Waals surface area contributed by atoms with E-state index in [1.165, 1.54) is 0 Å². The molecule has 3 nitrogen and oxygen atoms in total. The van der Waals surface area contributed by atoms with Gasteiger partial charge in [0.05, 0.1) is 13.0 Å². The molecular formula is C17H19NO2. The Hall–Kier alpha value is -2.13. The number of carbonyl (C=O) groups is 1. The Bertz CT molecular complexity index is 566. The van der Waals surface area contributed by atoms with Crippen molar-refractivity contribution in [2.75, 3.05) is 6.61 Å². The number of rotatable bonds is 5. The van der Waals surface area contributed by atoms with Crippen LogP contribution in [0.25, 0.3) is 11.1 Å². The SMILES string of the molecule is CCOC(=O)C[C@@H](N)c1cccc(-c2ccccc2)c1. The second kappa shape index (κ2) is 6.87. The highest BCUT2D eigenvalue weighted by atomic mass is 16.5. The molecule has 0 heterocycles. The van der Waals surface area contributed by atoms with Gasteiger partial charge in [-0.2, -0.15) is 0 Å². The Morgan fingerprint density at radius 1 is 1.10 bits per heavy atom. The number of esters is 1. The summed E-state index contributed by atoms with van der Waals surface area (Å²) >= 11 is 0. The second-order valence-electron chi connectivity index (χ2n) is 4.61. The molecule has 0 aromatic heterocycles. The van der Waals surface area contributed by atoms with E-state index in [1.54, 1.807) is 6.92 Å². The summed E-state index contributed by atoms with van der Waals surface area (Å²) in [5.74, 6) is -0.259. The zero-order chi connectivity index (χ0) is 14.4. The van der Waals surface area contributed by atoms with Crippen molar-refractivity contribution in [3.05, 3.63) is 60.2 Å². The molecule has 0 aliphatic heterocycles. The maximum absolute atomic E-state index is 11.5. The van der Waals surface area contributed by atoms with Crippen molar-refractivity contribution in [2.24, 2.45) is 5.73 Å². The van der Waals surface area contributed by atoms with E-state index in [1.807, 2.05) is 42.5 Å². The molecule has 0 spiro atoms. The fraction of sp³-hybridized carbons (Fsp3) is 0.235. The summed E-state index contributed by atoms with van der Waals surface area (Å²) in [7, 11) is 0. The van der Waals surface area contributed by atoms with Crippen LogP contribution in [0, 0.1) is 0 Å². The highest BCUT2D eigenvalue weighted by molar-refractivity contribution is 5.71. The number of ether oxygens (including phenoxy) is 1. The zero-order valence-corrected chi connectivity index (χ0v) is 11.6. The number of carbonyl (C=O) groups excluding carboxylic acids is 1. The van der Waals surface area contributed by atoms with Gasteiger partial charge in [-0.1, -0.05) is 48.5 Å². The summed E-state index contributed by atoms with van der Waals surface area (Å²) in [6.07, 6.45) is 0.200. The molecule has 20 heavy (non-hydrogen) atoms. The van der Waals surface area contributed by atoms with Gasteiger partial charge in [0.15, 0.2) is 0 Å². The zero-order valence-electron chi connectivity index (χ0n) is 11.6. The van der Waals surface area contributed by atoms with Crippen molar-refractivity contribution in [1.29, 1.82) is 0 Å². The van der Waals surface area contributed by atoms with Crippen LogP contribution >= 0.6 is 0 Å². The van der Waals surface area contributed by atoms with E-state index in [0.717, 1.165) is 16.7 Å². The Labute approximate surface area is 119 Å². The van der Waals surface area contributed by atoms with Gasteiger partial charge in [0.25, 0.3) is 0 Å². The van der Waals surface area contributed by atoms with Crippen LogP contribution in [0.4, 0.5) is 0 Å². The first kappa shape index (κ1) is 14.3. The molecular weight excluding hydrogens is 250 g/mol. The molecule has 0 amide bonds. The third kappa shape index (κ3) is 3.68. The molecule has 2 rings (SSSR count). The first-order valence-electron chi connectivity index (χ1n) is 6.77. The van der Waals surface area contributed by atoms with E-state index in [9.17, 15) is 4.79 Å². The molecule has 0 aliphatic rings. The minimum atomic E-state index is -0.335. The number of hydrogen-bond donors (Lipinski definition) is 1. The van der Waals surface area contributed by atoms with Crippen LogP contribution in [0.2, 0.25) is 0 Å². The maximum atomic E-state index is 11.5. The van der Waals surface area contributed by atoms with Crippen molar-refractivity contribution < 1.29 is 9.53 Å². The molecule has 3 heteroatoms. The van der Waals surface area contributed by atoms with Crippen LogP contribution < -0.4 is 5.73 Å². The molecule has 0 aliphatic carbocycles. The summed E-state index contributed by atoms with van der Waals surface area (Å²) in [4.78, 5) is 11.5. The molecule has 2 N–H and O–H groups in total. The van der Waals surface area contributed by atoms with Gasteiger partial charge >= 0.3 is 5.97 Å². The molecule has 1 atom stereocenters. The normalized spacial score (nSPS) is 11.9. The summed E-state index contributed by atoms with van der Waals surface area (Å²) in [6, 6.07) is 17.7. The Morgan fingerprint density at radius 3 is 2.50 bits per heavy atom. The number of hydrogen-bond acceptors (Lipinski definition) is 3. The highest BCUT2D eigenvalue weighted by Crippen LogP contribution is 2.23. The average molecular weight is 269 g/mol. The average Bonchev–Trinajstić information content (AvgIpc) is 2.48. The van der Waals surface area contributed by atoms with E-state index in [4.69, 9.17) is 10.5 Å². The van der Waals surface area contributed by atoms with Crippen LogP contribution in [0.3, 0.4) is 0 Å². The summed E-state index contributed by atoms with van der Waals surface area (Å²) in [5.41, 5.74) is 9.25. The largest absolute Gasteiger partial charge is 0.466 e. The molecule has 0 fully saturated rings. The lowest BCUT2D eigenvalue weighted by molar-refractivity contribution is -0.143. The maximum Gasteiger partial charge on any atom is 0.307 e. The van der Waals surface area contributed by atoms with Gasteiger partial charge in [0.2, 0.25) is 0 Å². The van der Waals surface area contributed by atoms with Crippen molar-refractivity contribution in [2.45, 2.75) is 19.4 Å². The van der Waals surface area contributed by atoms with E-state index in [-0.39, 0.29) is 18.4 Å². The van der Waals surface area contributed by atoms with Gasteiger partial charge in [-0.3, -0.25) is 4.79 Å². The summed E-state index contributed by atoms with van der Waals surface area (Å²) < 4.78 is 4.93. The number of nitrogens with two attached hydrogens (primary N) is 1. The topological polar surface area (TPSA) is 52.3 Å². The number of benzene rings is 2. The standard InChI is InChI=1S/C17H19NO2/c1-2-20-17(19)12-16(18)15-10-6-9-14(11-15)13-7-4-3-5-8-13/h3-11,16H,2,12,18H2,1H3/t16-/m1/s1. The van der Waals surface area contributed by atoms with E-state index in [0.29, 0.717) is 6.61 Å². The molecule has 0 unspecified atom stereocenters. The summed E-state index contributed by atoms with van der Waals surface area (Å²) in [5, 5.41) is 0. The third-order valence-corrected chi connectivity index (χ3v) is 3.11. The Morgan fingerprint density at radius 2 is 1.80 bits per heavy atom. The van der Waals surface area contributed by atoms with Crippen LogP contribution in [-0.4, -0.2) is 12.6 Å². The van der Waals surface area contributed by atoms with E-state index in [2.05, 4.69) is 12.1 Å². The molecule has 104 valence electrons. The Balaban J connectivity index is 2.15. The predicted octanol–water partition coefficient (Wildman–Crippen LogP) is 3.31. The minimum Gasteiger partial charge on any atom is -0.466 e. The fourth-order valence-corrected chi connectivity index (χ4v) is 2.10. The van der Waals surface area contributed by atoms with Crippen LogP contribution in [-0.2, 0) is 9.53 Å². The minimum absolute atomic E-state index is 0.200. The lowest BCUT2D eigenvalue weighted by Crippen LogP contribution is -2.17. The Kier molecular flexibility index (Phi) is 4.91. The van der Waals surface area contributed by atoms with Gasteiger partial charge < -0.3 is 10.5 Å². The van der Waals surface area contributed by atoms with Gasteiger partial charge in [-0.15, -0.1) is 0 Å². The monoisotopic (exact) mass is 269 g/mol. The van der Waals surface area contributed by atoms with Crippen molar-refractivity contribution in [3.63, 3.8) is 0 Å². The quantitative estimate of drug-likeness (QED) is 0.847.